The van der Waals surface area contributed by atoms with E-state index in [9.17, 15) is 14.4 Å². The number of esters is 1. The van der Waals surface area contributed by atoms with E-state index in [4.69, 9.17) is 4.74 Å². The molecular formula is C33H35N5O4. The van der Waals surface area contributed by atoms with Gasteiger partial charge in [-0.15, -0.1) is 0 Å². The summed E-state index contributed by atoms with van der Waals surface area (Å²) in [4.78, 5) is 47.2. The van der Waals surface area contributed by atoms with Crippen LogP contribution in [0.4, 0.5) is 5.82 Å². The molecule has 9 heteroatoms. The zero-order valence-electron chi connectivity index (χ0n) is 24.2. The second-order valence-electron chi connectivity index (χ2n) is 11.3. The zero-order valence-corrected chi connectivity index (χ0v) is 24.2. The number of benzene rings is 3. The lowest BCUT2D eigenvalue weighted by Crippen LogP contribution is -2.49. The number of para-hydroxylation sites is 1. The molecule has 2 unspecified atom stereocenters. The summed E-state index contributed by atoms with van der Waals surface area (Å²) in [6, 6.07) is 19.9. The maximum absolute atomic E-state index is 13.6. The molecule has 5 rings (SSSR count). The van der Waals surface area contributed by atoms with Gasteiger partial charge >= 0.3 is 5.97 Å². The number of aromatic amines is 1. The Morgan fingerprint density at radius 2 is 1.74 bits per heavy atom. The lowest BCUT2D eigenvalue weighted by Gasteiger charge is -2.23. The number of amides is 2. The van der Waals surface area contributed by atoms with Crippen molar-refractivity contribution in [3.8, 4) is 0 Å². The predicted octanol–water partition coefficient (Wildman–Crippen LogP) is 5.38. The van der Waals surface area contributed by atoms with Gasteiger partial charge in [-0.3, -0.25) is 9.59 Å². The van der Waals surface area contributed by atoms with Crippen molar-refractivity contribution in [2.75, 3.05) is 11.9 Å². The number of carbonyl (C=O) groups is 3. The summed E-state index contributed by atoms with van der Waals surface area (Å²) in [6.07, 6.45) is 5.23. The number of imidazole rings is 1. The molecule has 216 valence electrons. The summed E-state index contributed by atoms with van der Waals surface area (Å²) in [5.41, 5.74) is 1.90. The molecule has 0 aliphatic carbocycles. The van der Waals surface area contributed by atoms with E-state index in [1.165, 1.54) is 6.33 Å². The van der Waals surface area contributed by atoms with Crippen LogP contribution in [0.3, 0.4) is 0 Å². The summed E-state index contributed by atoms with van der Waals surface area (Å²) in [5, 5.41) is 8.79. The monoisotopic (exact) mass is 565 g/mol. The number of aromatic nitrogens is 3. The molecule has 0 radical (unpaired) electrons. The van der Waals surface area contributed by atoms with Crippen LogP contribution in [0, 0.1) is 5.41 Å². The number of anilines is 1. The molecule has 2 aromatic heterocycles. The van der Waals surface area contributed by atoms with E-state index in [0.29, 0.717) is 0 Å². The van der Waals surface area contributed by atoms with Gasteiger partial charge in [0.1, 0.15) is 6.04 Å². The lowest BCUT2D eigenvalue weighted by atomic mass is 9.94. The van der Waals surface area contributed by atoms with Crippen molar-refractivity contribution in [1.29, 1.82) is 0 Å². The van der Waals surface area contributed by atoms with Crippen molar-refractivity contribution in [2.45, 2.75) is 46.2 Å². The van der Waals surface area contributed by atoms with Gasteiger partial charge in [-0.25, -0.2) is 9.78 Å². The number of H-pyrrole nitrogens is 1. The minimum atomic E-state index is -0.859. The Hall–Kier alpha value is -4.92. The predicted molar refractivity (Wildman–Crippen MR) is 163 cm³/mol. The van der Waals surface area contributed by atoms with Gasteiger partial charge in [-0.2, -0.15) is 0 Å². The Bertz CT molecular complexity index is 1750. The number of fused-ring (bicyclic) bond motifs is 2. The highest BCUT2D eigenvalue weighted by Crippen LogP contribution is 2.26. The maximum atomic E-state index is 13.6. The number of nitrogens with one attached hydrogen (secondary N) is 3. The molecule has 9 nitrogen and oxygen atoms in total. The first kappa shape index (κ1) is 28.6. The molecule has 42 heavy (non-hydrogen) atoms. The van der Waals surface area contributed by atoms with Crippen LogP contribution in [-0.2, 0) is 25.5 Å². The topological polar surface area (TPSA) is 118 Å². The number of carbonyl (C=O) groups excluding carboxylic acids is 3. The Labute approximate surface area is 244 Å². The molecule has 2 heterocycles. The van der Waals surface area contributed by atoms with E-state index in [0.717, 1.165) is 32.8 Å². The van der Waals surface area contributed by atoms with Crippen molar-refractivity contribution < 1.29 is 19.1 Å². The van der Waals surface area contributed by atoms with Crippen molar-refractivity contribution in [1.82, 2.24) is 19.9 Å². The fourth-order valence-corrected chi connectivity index (χ4v) is 4.89. The van der Waals surface area contributed by atoms with E-state index in [2.05, 4.69) is 20.6 Å². The van der Waals surface area contributed by atoms with Crippen molar-refractivity contribution in [2.24, 2.45) is 5.41 Å². The van der Waals surface area contributed by atoms with E-state index in [-0.39, 0.29) is 24.8 Å². The number of ether oxygens (including phenoxy) is 1. The minimum Gasteiger partial charge on any atom is -0.464 e. The third-order valence-corrected chi connectivity index (χ3v) is 7.15. The molecule has 3 aromatic carbocycles. The second-order valence-corrected chi connectivity index (χ2v) is 11.3. The number of hydrogen-bond acceptors (Lipinski definition) is 5. The van der Waals surface area contributed by atoms with Crippen LogP contribution < -0.4 is 10.6 Å². The maximum Gasteiger partial charge on any atom is 0.333 e. The molecule has 0 bridgehead atoms. The van der Waals surface area contributed by atoms with Gasteiger partial charge in [-0.05, 0) is 41.0 Å². The van der Waals surface area contributed by atoms with Gasteiger partial charge in [0.2, 0.25) is 11.8 Å². The van der Waals surface area contributed by atoms with Crippen LogP contribution in [-0.4, -0.2) is 45.0 Å². The van der Waals surface area contributed by atoms with E-state index in [1.54, 1.807) is 38.5 Å². The molecule has 2 amide bonds. The Kier molecular flexibility index (Phi) is 8.10. The second kappa shape index (κ2) is 11.9. The average molecular weight is 566 g/mol. The molecule has 5 aromatic rings. The SMILES string of the molecule is CCOC(=O)C(c1ccc2ccccc2c1)n1cnc(NC(=O)C(Cc2c[nH]c3ccccc23)NC(=O)C(C)(C)C)c1. The molecule has 0 aliphatic rings. The van der Waals surface area contributed by atoms with Crippen LogP contribution in [0.1, 0.15) is 44.9 Å². The van der Waals surface area contributed by atoms with Crippen LogP contribution in [0.2, 0.25) is 0 Å². The fraction of sp³-hybridized carbons (Fsp3) is 0.273. The highest BCUT2D eigenvalue weighted by Gasteiger charge is 2.30. The summed E-state index contributed by atoms with van der Waals surface area (Å²) < 4.78 is 7.02. The molecular weight excluding hydrogens is 530 g/mol. The first-order valence-corrected chi connectivity index (χ1v) is 14.0. The highest BCUT2D eigenvalue weighted by atomic mass is 16.5. The number of hydrogen-bond donors (Lipinski definition) is 3. The molecule has 0 fully saturated rings. The lowest BCUT2D eigenvalue weighted by molar-refractivity contribution is -0.145. The first-order chi connectivity index (χ1) is 20.1. The fourth-order valence-electron chi connectivity index (χ4n) is 4.89. The van der Waals surface area contributed by atoms with Gasteiger partial charge in [0.05, 0.1) is 12.9 Å². The molecule has 0 spiro atoms. The summed E-state index contributed by atoms with van der Waals surface area (Å²) in [5.74, 6) is -0.838. The minimum absolute atomic E-state index is 0.226. The Balaban J connectivity index is 1.41. The normalized spacial score (nSPS) is 13.0. The molecule has 2 atom stereocenters. The third-order valence-electron chi connectivity index (χ3n) is 7.15. The van der Waals surface area contributed by atoms with Gasteiger partial charge in [0.15, 0.2) is 11.9 Å². The molecule has 0 saturated carbocycles. The van der Waals surface area contributed by atoms with Crippen LogP contribution >= 0.6 is 0 Å². The largest absolute Gasteiger partial charge is 0.464 e. The van der Waals surface area contributed by atoms with E-state index in [1.807, 2.05) is 72.9 Å². The summed E-state index contributed by atoms with van der Waals surface area (Å²) in [7, 11) is 0. The van der Waals surface area contributed by atoms with Crippen LogP contribution in [0.5, 0.6) is 0 Å². The number of rotatable bonds is 9. The van der Waals surface area contributed by atoms with Gasteiger partial charge in [-0.1, -0.05) is 75.4 Å². The Morgan fingerprint density at radius 3 is 2.50 bits per heavy atom. The molecule has 0 aliphatic heterocycles. The third kappa shape index (κ3) is 6.20. The van der Waals surface area contributed by atoms with Gasteiger partial charge in [0.25, 0.3) is 0 Å². The van der Waals surface area contributed by atoms with Crippen molar-refractivity contribution >= 4 is 45.3 Å². The smallest absolute Gasteiger partial charge is 0.333 e. The van der Waals surface area contributed by atoms with E-state index < -0.39 is 29.4 Å². The Morgan fingerprint density at radius 1 is 1.00 bits per heavy atom. The average Bonchev–Trinajstić information content (AvgIpc) is 3.59. The summed E-state index contributed by atoms with van der Waals surface area (Å²) >= 11 is 0. The van der Waals surface area contributed by atoms with Gasteiger partial charge in [0, 0.05) is 35.1 Å². The molecule has 3 N–H and O–H groups in total. The highest BCUT2D eigenvalue weighted by molar-refractivity contribution is 5.98. The quantitative estimate of drug-likeness (QED) is 0.207. The number of nitrogens with zero attached hydrogens (tertiary/aromatic N) is 2. The van der Waals surface area contributed by atoms with Crippen LogP contribution in [0.25, 0.3) is 21.7 Å². The standard InChI is InChI=1S/C33H35N5O4/c1-5-42-31(40)29(23-15-14-21-10-6-7-11-22(21)16-23)38-19-28(35-20-38)37-30(39)27(36-32(41)33(2,3)4)17-24-18-34-26-13-9-8-12-25(24)26/h6-16,18-20,27,29,34H,5,17H2,1-4H3,(H,36,41)(H,37,39). The summed E-state index contributed by atoms with van der Waals surface area (Å²) in [6.45, 7) is 7.38. The van der Waals surface area contributed by atoms with Crippen molar-refractivity contribution in [3.63, 3.8) is 0 Å². The molecule has 0 saturated heterocycles. The van der Waals surface area contributed by atoms with Gasteiger partial charge < -0.3 is 24.9 Å². The zero-order chi connectivity index (χ0) is 29.9. The first-order valence-electron chi connectivity index (χ1n) is 14.0. The van der Waals surface area contributed by atoms with E-state index >= 15 is 0 Å². The van der Waals surface area contributed by atoms with Crippen molar-refractivity contribution in [3.05, 3.63) is 96.6 Å². The van der Waals surface area contributed by atoms with Crippen LogP contribution in [0.15, 0.2) is 85.5 Å².